The van der Waals surface area contributed by atoms with Crippen molar-refractivity contribution in [2.45, 2.75) is 6.54 Å². The number of carbonyl (C=O) groups excluding carboxylic acids is 1. The quantitative estimate of drug-likeness (QED) is 0.663. The molecule has 0 spiro atoms. The number of anilines is 2. The highest BCUT2D eigenvalue weighted by molar-refractivity contribution is 5.94. The fraction of sp³-hybridized carbons (Fsp3) is 0.0625. The van der Waals surface area contributed by atoms with Gasteiger partial charge in [-0.2, -0.15) is 0 Å². The minimum absolute atomic E-state index is 0.284. The molecule has 0 saturated carbocycles. The van der Waals surface area contributed by atoms with E-state index in [-0.39, 0.29) is 5.82 Å². The number of furan rings is 1. The van der Waals surface area contributed by atoms with Gasteiger partial charge in [0.25, 0.3) is 0 Å². The Morgan fingerprint density at radius 3 is 2.87 bits per heavy atom. The van der Waals surface area contributed by atoms with Gasteiger partial charge >= 0.3 is 0 Å². The third kappa shape index (κ3) is 3.29. The first-order valence-electron chi connectivity index (χ1n) is 6.92. The number of benzene rings is 1. The van der Waals surface area contributed by atoms with E-state index >= 15 is 0 Å². The zero-order chi connectivity index (χ0) is 16.2. The minimum Gasteiger partial charge on any atom is -0.467 e. The summed E-state index contributed by atoms with van der Waals surface area (Å²) < 4.78 is 5.25. The maximum Gasteiger partial charge on any atom is 0.248 e. The van der Waals surface area contributed by atoms with Crippen LogP contribution in [-0.4, -0.2) is 15.9 Å². The number of hydrogen-bond donors (Lipinski definition) is 3. The lowest BCUT2D eigenvalue weighted by Crippen LogP contribution is -2.11. The molecule has 0 aliphatic carbocycles. The largest absolute Gasteiger partial charge is 0.467 e. The van der Waals surface area contributed by atoms with E-state index in [2.05, 4.69) is 15.3 Å². The van der Waals surface area contributed by atoms with Crippen molar-refractivity contribution in [1.82, 2.24) is 9.97 Å². The Balaban J connectivity index is 1.87. The SMILES string of the molecule is NC(=O)c1cccc(-c2cnc(N)c(NCc3ccco3)n2)c1. The van der Waals surface area contributed by atoms with Crippen LogP contribution in [-0.2, 0) is 6.54 Å². The van der Waals surface area contributed by atoms with E-state index in [1.165, 1.54) is 0 Å². The normalized spacial score (nSPS) is 10.4. The number of primary amides is 1. The first-order chi connectivity index (χ1) is 11.1. The topological polar surface area (TPSA) is 120 Å². The average Bonchev–Trinajstić information content (AvgIpc) is 3.07. The van der Waals surface area contributed by atoms with E-state index in [4.69, 9.17) is 15.9 Å². The Kier molecular flexibility index (Phi) is 3.92. The molecule has 0 fully saturated rings. The van der Waals surface area contributed by atoms with E-state index in [1.807, 2.05) is 12.1 Å². The smallest absolute Gasteiger partial charge is 0.248 e. The molecule has 2 heterocycles. The highest BCUT2D eigenvalue weighted by Crippen LogP contribution is 2.22. The third-order valence-electron chi connectivity index (χ3n) is 3.25. The van der Waals surface area contributed by atoms with Crippen LogP contribution in [0.1, 0.15) is 16.1 Å². The van der Waals surface area contributed by atoms with Crippen molar-refractivity contribution in [3.8, 4) is 11.3 Å². The van der Waals surface area contributed by atoms with Crippen molar-refractivity contribution in [3.63, 3.8) is 0 Å². The predicted molar refractivity (Wildman–Crippen MR) is 86.4 cm³/mol. The van der Waals surface area contributed by atoms with Gasteiger partial charge in [0.15, 0.2) is 11.6 Å². The Bertz CT molecular complexity index is 830. The summed E-state index contributed by atoms with van der Waals surface area (Å²) in [5.41, 5.74) is 12.9. The van der Waals surface area contributed by atoms with Crippen molar-refractivity contribution in [2.24, 2.45) is 5.73 Å². The molecule has 3 aromatic rings. The second kappa shape index (κ2) is 6.18. The van der Waals surface area contributed by atoms with Gasteiger partial charge in [-0.15, -0.1) is 0 Å². The standard InChI is InChI=1S/C16H15N5O2/c17-14-16(20-8-12-5-2-6-23-12)21-13(9-19-14)10-3-1-4-11(7-10)15(18)22/h1-7,9H,8H2,(H2,17,19)(H2,18,22)(H,20,21). The number of rotatable bonds is 5. The zero-order valence-corrected chi connectivity index (χ0v) is 12.2. The molecule has 1 aromatic carbocycles. The van der Waals surface area contributed by atoms with Crippen LogP contribution < -0.4 is 16.8 Å². The molecule has 23 heavy (non-hydrogen) atoms. The summed E-state index contributed by atoms with van der Waals surface area (Å²) in [7, 11) is 0. The van der Waals surface area contributed by atoms with Gasteiger partial charge in [0.2, 0.25) is 5.91 Å². The van der Waals surface area contributed by atoms with E-state index in [1.54, 1.807) is 36.7 Å². The van der Waals surface area contributed by atoms with E-state index < -0.39 is 5.91 Å². The molecule has 0 atom stereocenters. The Morgan fingerprint density at radius 2 is 2.13 bits per heavy atom. The molecule has 5 N–H and O–H groups in total. The van der Waals surface area contributed by atoms with Gasteiger partial charge in [-0.3, -0.25) is 4.79 Å². The summed E-state index contributed by atoms with van der Waals surface area (Å²) in [6, 6.07) is 10.5. The first-order valence-corrected chi connectivity index (χ1v) is 6.92. The van der Waals surface area contributed by atoms with Gasteiger partial charge in [0.1, 0.15) is 5.76 Å². The summed E-state index contributed by atoms with van der Waals surface area (Å²) in [5, 5.41) is 3.08. The summed E-state index contributed by atoms with van der Waals surface area (Å²) in [6.07, 6.45) is 3.14. The monoisotopic (exact) mass is 309 g/mol. The summed E-state index contributed by atoms with van der Waals surface area (Å²) in [4.78, 5) is 19.9. The van der Waals surface area contributed by atoms with Crippen molar-refractivity contribution in [3.05, 3.63) is 60.2 Å². The number of nitrogens with two attached hydrogens (primary N) is 2. The predicted octanol–water partition coefficient (Wildman–Crippen LogP) is 2.03. The Hall–Kier alpha value is -3.35. The molecular weight excluding hydrogens is 294 g/mol. The lowest BCUT2D eigenvalue weighted by atomic mass is 10.1. The molecule has 0 unspecified atom stereocenters. The molecule has 0 aliphatic heterocycles. The average molecular weight is 309 g/mol. The molecule has 116 valence electrons. The van der Waals surface area contributed by atoms with E-state index in [9.17, 15) is 4.79 Å². The van der Waals surface area contributed by atoms with Crippen molar-refractivity contribution >= 4 is 17.5 Å². The van der Waals surface area contributed by atoms with Gasteiger partial charge in [-0.05, 0) is 24.3 Å². The molecule has 7 heteroatoms. The fourth-order valence-electron chi connectivity index (χ4n) is 2.08. The van der Waals surface area contributed by atoms with Crippen molar-refractivity contribution in [1.29, 1.82) is 0 Å². The lowest BCUT2D eigenvalue weighted by molar-refractivity contribution is 0.100. The minimum atomic E-state index is -0.494. The Labute approximate surface area is 132 Å². The van der Waals surface area contributed by atoms with Gasteiger partial charge < -0.3 is 21.2 Å². The van der Waals surface area contributed by atoms with Crippen LogP contribution in [0.4, 0.5) is 11.6 Å². The molecule has 2 aromatic heterocycles. The van der Waals surface area contributed by atoms with Crippen LogP contribution in [0.15, 0.2) is 53.3 Å². The van der Waals surface area contributed by atoms with Gasteiger partial charge in [-0.25, -0.2) is 9.97 Å². The van der Waals surface area contributed by atoms with E-state index in [0.29, 0.717) is 23.6 Å². The van der Waals surface area contributed by atoms with Gasteiger partial charge in [0.05, 0.1) is 24.7 Å². The van der Waals surface area contributed by atoms with Crippen LogP contribution in [0.3, 0.4) is 0 Å². The van der Waals surface area contributed by atoms with Crippen LogP contribution in [0, 0.1) is 0 Å². The van der Waals surface area contributed by atoms with Crippen LogP contribution in [0.5, 0.6) is 0 Å². The van der Waals surface area contributed by atoms with Crippen molar-refractivity contribution < 1.29 is 9.21 Å². The fourth-order valence-corrected chi connectivity index (χ4v) is 2.08. The van der Waals surface area contributed by atoms with Crippen LogP contribution >= 0.6 is 0 Å². The molecule has 1 amide bonds. The number of nitrogens with one attached hydrogen (secondary N) is 1. The summed E-state index contributed by atoms with van der Waals surface area (Å²) in [6.45, 7) is 0.441. The van der Waals surface area contributed by atoms with Gasteiger partial charge in [-0.1, -0.05) is 12.1 Å². The maximum absolute atomic E-state index is 11.3. The molecule has 0 saturated heterocycles. The zero-order valence-electron chi connectivity index (χ0n) is 12.2. The lowest BCUT2D eigenvalue weighted by Gasteiger charge is -2.09. The highest BCUT2D eigenvalue weighted by Gasteiger charge is 2.09. The molecule has 0 aliphatic rings. The molecule has 3 rings (SSSR count). The maximum atomic E-state index is 11.3. The number of hydrogen-bond acceptors (Lipinski definition) is 6. The third-order valence-corrected chi connectivity index (χ3v) is 3.25. The number of nitrogens with zero attached hydrogens (tertiary/aromatic N) is 2. The van der Waals surface area contributed by atoms with Gasteiger partial charge in [0, 0.05) is 11.1 Å². The number of amides is 1. The van der Waals surface area contributed by atoms with Crippen molar-refractivity contribution in [2.75, 3.05) is 11.1 Å². The summed E-state index contributed by atoms with van der Waals surface area (Å²) >= 11 is 0. The van der Waals surface area contributed by atoms with Crippen LogP contribution in [0.25, 0.3) is 11.3 Å². The van der Waals surface area contributed by atoms with E-state index in [0.717, 1.165) is 11.3 Å². The van der Waals surface area contributed by atoms with Crippen LogP contribution in [0.2, 0.25) is 0 Å². The molecule has 7 nitrogen and oxygen atoms in total. The second-order valence-corrected chi connectivity index (χ2v) is 4.87. The highest BCUT2D eigenvalue weighted by atomic mass is 16.3. The first kappa shape index (κ1) is 14.6. The molecule has 0 radical (unpaired) electrons. The number of aromatic nitrogens is 2. The number of nitrogen functional groups attached to an aromatic ring is 1. The number of carbonyl (C=O) groups is 1. The molecular formula is C16H15N5O2. The Morgan fingerprint density at radius 1 is 1.26 bits per heavy atom. The summed E-state index contributed by atoms with van der Waals surface area (Å²) in [5.74, 6) is 0.994. The molecule has 0 bridgehead atoms. The second-order valence-electron chi connectivity index (χ2n) is 4.87.